The SMILES string of the molecule is N#Cc1ccn(-c2ccc(Cl)cc2Cl)n1. The number of aromatic nitrogens is 2. The third kappa shape index (κ3) is 1.96. The van der Waals surface area contributed by atoms with Gasteiger partial charge in [-0.2, -0.15) is 10.4 Å². The maximum absolute atomic E-state index is 8.63. The zero-order valence-corrected chi connectivity index (χ0v) is 9.00. The summed E-state index contributed by atoms with van der Waals surface area (Å²) < 4.78 is 1.54. The van der Waals surface area contributed by atoms with Crippen molar-refractivity contribution in [3.05, 3.63) is 46.2 Å². The first kappa shape index (κ1) is 10.0. The topological polar surface area (TPSA) is 41.6 Å². The van der Waals surface area contributed by atoms with Crippen molar-refractivity contribution in [1.29, 1.82) is 5.26 Å². The van der Waals surface area contributed by atoms with E-state index in [4.69, 9.17) is 28.5 Å². The molecule has 0 aliphatic carbocycles. The van der Waals surface area contributed by atoms with E-state index in [2.05, 4.69) is 5.10 Å². The summed E-state index contributed by atoms with van der Waals surface area (Å²) in [5, 5.41) is 13.7. The zero-order chi connectivity index (χ0) is 10.8. The Hall–Kier alpha value is -1.50. The van der Waals surface area contributed by atoms with Crippen LogP contribution in [-0.2, 0) is 0 Å². The summed E-state index contributed by atoms with van der Waals surface area (Å²) in [6.07, 6.45) is 1.67. The minimum Gasteiger partial charge on any atom is -0.238 e. The van der Waals surface area contributed by atoms with E-state index in [1.54, 1.807) is 30.5 Å². The summed E-state index contributed by atoms with van der Waals surface area (Å²) in [5.74, 6) is 0. The van der Waals surface area contributed by atoms with Crippen LogP contribution in [0.2, 0.25) is 10.0 Å². The quantitative estimate of drug-likeness (QED) is 0.766. The van der Waals surface area contributed by atoms with Gasteiger partial charge in [-0.25, -0.2) is 4.68 Å². The minimum absolute atomic E-state index is 0.348. The monoisotopic (exact) mass is 237 g/mol. The fourth-order valence-corrected chi connectivity index (χ4v) is 1.68. The largest absolute Gasteiger partial charge is 0.238 e. The lowest BCUT2D eigenvalue weighted by molar-refractivity contribution is 0.873. The molecular formula is C10H5Cl2N3. The summed E-state index contributed by atoms with van der Waals surface area (Å²) in [7, 11) is 0. The van der Waals surface area contributed by atoms with Crippen molar-refractivity contribution in [3.63, 3.8) is 0 Å². The van der Waals surface area contributed by atoms with Gasteiger partial charge in [-0.15, -0.1) is 0 Å². The van der Waals surface area contributed by atoms with Crippen LogP contribution in [0.3, 0.4) is 0 Å². The van der Waals surface area contributed by atoms with Gasteiger partial charge in [0.1, 0.15) is 6.07 Å². The average molecular weight is 238 g/mol. The molecule has 0 aliphatic heterocycles. The molecule has 1 aromatic carbocycles. The molecule has 0 spiro atoms. The summed E-state index contributed by atoms with van der Waals surface area (Å²) in [6, 6.07) is 8.66. The highest BCUT2D eigenvalue weighted by molar-refractivity contribution is 6.35. The van der Waals surface area contributed by atoms with Gasteiger partial charge in [0, 0.05) is 11.2 Å². The normalized spacial score (nSPS) is 9.93. The molecular weight excluding hydrogens is 233 g/mol. The number of hydrogen-bond acceptors (Lipinski definition) is 2. The Kier molecular flexibility index (Phi) is 2.63. The molecule has 0 atom stereocenters. The second-order valence-corrected chi connectivity index (χ2v) is 3.70. The van der Waals surface area contributed by atoms with Crippen LogP contribution in [-0.4, -0.2) is 9.78 Å². The van der Waals surface area contributed by atoms with Crippen molar-refractivity contribution in [2.75, 3.05) is 0 Å². The van der Waals surface area contributed by atoms with E-state index in [0.29, 0.717) is 21.4 Å². The van der Waals surface area contributed by atoms with Gasteiger partial charge < -0.3 is 0 Å². The number of rotatable bonds is 1. The molecule has 0 radical (unpaired) electrons. The molecule has 1 heterocycles. The molecule has 74 valence electrons. The van der Waals surface area contributed by atoms with Crippen LogP contribution in [0, 0.1) is 11.3 Å². The van der Waals surface area contributed by atoms with Gasteiger partial charge >= 0.3 is 0 Å². The molecule has 1 aromatic heterocycles. The highest BCUT2D eigenvalue weighted by Gasteiger charge is 2.05. The number of benzene rings is 1. The number of nitriles is 1. The minimum atomic E-state index is 0.348. The Bertz CT molecular complexity index is 540. The summed E-state index contributed by atoms with van der Waals surface area (Å²) in [6.45, 7) is 0. The van der Waals surface area contributed by atoms with Crippen LogP contribution >= 0.6 is 23.2 Å². The molecule has 5 heteroatoms. The van der Waals surface area contributed by atoms with Gasteiger partial charge in [-0.1, -0.05) is 23.2 Å². The van der Waals surface area contributed by atoms with E-state index in [1.165, 1.54) is 4.68 Å². The van der Waals surface area contributed by atoms with Crippen molar-refractivity contribution < 1.29 is 0 Å². The van der Waals surface area contributed by atoms with Crippen molar-refractivity contribution in [2.45, 2.75) is 0 Å². The molecule has 2 rings (SSSR count). The van der Waals surface area contributed by atoms with Crippen molar-refractivity contribution >= 4 is 23.2 Å². The molecule has 0 fully saturated rings. The first-order valence-corrected chi connectivity index (χ1v) is 4.87. The van der Waals surface area contributed by atoms with Gasteiger partial charge in [-0.05, 0) is 24.3 Å². The van der Waals surface area contributed by atoms with E-state index in [1.807, 2.05) is 6.07 Å². The lowest BCUT2D eigenvalue weighted by atomic mass is 10.3. The van der Waals surface area contributed by atoms with E-state index >= 15 is 0 Å². The highest BCUT2D eigenvalue weighted by atomic mass is 35.5. The number of halogens is 2. The smallest absolute Gasteiger partial charge is 0.162 e. The highest BCUT2D eigenvalue weighted by Crippen LogP contribution is 2.23. The molecule has 0 bridgehead atoms. The molecule has 0 aliphatic rings. The lowest BCUT2D eigenvalue weighted by Gasteiger charge is -2.03. The second-order valence-electron chi connectivity index (χ2n) is 2.85. The van der Waals surface area contributed by atoms with Gasteiger partial charge in [0.15, 0.2) is 5.69 Å². The fourth-order valence-electron chi connectivity index (χ4n) is 1.18. The molecule has 0 saturated heterocycles. The fraction of sp³-hybridized carbons (Fsp3) is 0. The maximum atomic E-state index is 8.63. The predicted molar refractivity (Wildman–Crippen MR) is 58.3 cm³/mol. The Morgan fingerprint density at radius 3 is 2.67 bits per heavy atom. The maximum Gasteiger partial charge on any atom is 0.162 e. The first-order chi connectivity index (χ1) is 7.20. The van der Waals surface area contributed by atoms with Crippen molar-refractivity contribution in [2.24, 2.45) is 0 Å². The standard InChI is InChI=1S/C10H5Cl2N3/c11-7-1-2-10(9(12)5-7)15-4-3-8(6-13)14-15/h1-5H. The van der Waals surface area contributed by atoms with Gasteiger partial charge in [-0.3, -0.25) is 0 Å². The van der Waals surface area contributed by atoms with Gasteiger partial charge in [0.25, 0.3) is 0 Å². The zero-order valence-electron chi connectivity index (χ0n) is 7.48. The Labute approximate surface area is 96.5 Å². The van der Waals surface area contributed by atoms with E-state index in [9.17, 15) is 0 Å². The average Bonchev–Trinajstić information content (AvgIpc) is 2.66. The van der Waals surface area contributed by atoms with Crippen molar-refractivity contribution in [1.82, 2.24) is 9.78 Å². The summed E-state index contributed by atoms with van der Waals surface area (Å²) >= 11 is 11.8. The Morgan fingerprint density at radius 2 is 2.07 bits per heavy atom. The summed E-state index contributed by atoms with van der Waals surface area (Å²) in [5.41, 5.74) is 1.04. The number of hydrogen-bond donors (Lipinski definition) is 0. The van der Waals surface area contributed by atoms with Crippen LogP contribution in [0.15, 0.2) is 30.5 Å². The first-order valence-electron chi connectivity index (χ1n) is 4.12. The van der Waals surface area contributed by atoms with Crippen molar-refractivity contribution in [3.8, 4) is 11.8 Å². The summed E-state index contributed by atoms with van der Waals surface area (Å²) in [4.78, 5) is 0. The van der Waals surface area contributed by atoms with Crippen LogP contribution in [0.1, 0.15) is 5.69 Å². The Morgan fingerprint density at radius 1 is 1.27 bits per heavy atom. The third-order valence-corrected chi connectivity index (χ3v) is 2.40. The molecule has 2 aromatic rings. The molecule has 15 heavy (non-hydrogen) atoms. The Balaban J connectivity index is 2.50. The molecule has 0 unspecified atom stereocenters. The predicted octanol–water partition coefficient (Wildman–Crippen LogP) is 3.05. The van der Waals surface area contributed by atoms with Crippen LogP contribution in [0.25, 0.3) is 5.69 Å². The number of nitrogens with zero attached hydrogens (tertiary/aromatic N) is 3. The van der Waals surface area contributed by atoms with E-state index in [0.717, 1.165) is 0 Å². The molecule has 0 saturated carbocycles. The van der Waals surface area contributed by atoms with Crippen LogP contribution < -0.4 is 0 Å². The van der Waals surface area contributed by atoms with E-state index in [-0.39, 0.29) is 0 Å². The molecule has 3 nitrogen and oxygen atoms in total. The van der Waals surface area contributed by atoms with Gasteiger partial charge in [0.2, 0.25) is 0 Å². The van der Waals surface area contributed by atoms with Crippen LogP contribution in [0.5, 0.6) is 0 Å². The van der Waals surface area contributed by atoms with Gasteiger partial charge in [0.05, 0.1) is 10.7 Å². The lowest BCUT2D eigenvalue weighted by Crippen LogP contribution is -1.95. The second kappa shape index (κ2) is 3.93. The van der Waals surface area contributed by atoms with Crippen LogP contribution in [0.4, 0.5) is 0 Å². The molecule has 0 amide bonds. The van der Waals surface area contributed by atoms with E-state index < -0.39 is 0 Å². The molecule has 0 N–H and O–H groups in total. The third-order valence-electron chi connectivity index (χ3n) is 1.86.